The van der Waals surface area contributed by atoms with Crippen LogP contribution in [0.4, 0.5) is 0 Å². The lowest BCUT2D eigenvalue weighted by Gasteiger charge is -2.13. The van der Waals surface area contributed by atoms with Crippen molar-refractivity contribution in [3.8, 4) is 22.5 Å². The van der Waals surface area contributed by atoms with Gasteiger partial charge in [0.15, 0.2) is 0 Å². The molecule has 0 saturated heterocycles. The number of para-hydroxylation sites is 3. The summed E-state index contributed by atoms with van der Waals surface area (Å²) in [6.07, 6.45) is 0. The fraction of sp³-hybridized carbons (Fsp3) is 0. The molecule has 49 heavy (non-hydrogen) atoms. The molecule has 0 fully saturated rings. The minimum atomic E-state index is 1.15. The lowest BCUT2D eigenvalue weighted by molar-refractivity contribution is 1.15. The molecule has 0 aliphatic heterocycles. The lowest BCUT2D eigenvalue weighted by atomic mass is 10.0. The number of thiophene rings is 1. The molecule has 228 valence electrons. The molecule has 0 spiro atoms. The Hall–Kier alpha value is -6.16. The van der Waals surface area contributed by atoms with Crippen LogP contribution in [0.2, 0.25) is 0 Å². The molecule has 0 unspecified atom stereocenters. The minimum Gasteiger partial charge on any atom is -0.307 e. The van der Waals surface area contributed by atoms with Gasteiger partial charge in [-0.15, -0.1) is 11.3 Å². The Kier molecular flexibility index (Phi) is 5.57. The fourth-order valence-electron chi connectivity index (χ4n) is 8.08. The van der Waals surface area contributed by atoms with Crippen LogP contribution in [0.3, 0.4) is 0 Å². The number of fused-ring (bicyclic) bond motifs is 11. The highest BCUT2D eigenvalue weighted by Crippen LogP contribution is 2.43. The van der Waals surface area contributed by atoms with Gasteiger partial charge in [0.05, 0.1) is 22.1 Å². The molecule has 3 heterocycles. The quantitative estimate of drug-likeness (QED) is 0.182. The van der Waals surface area contributed by atoms with Crippen LogP contribution in [0.25, 0.3) is 97.1 Å². The second-order valence-electron chi connectivity index (χ2n) is 13.0. The maximum Gasteiger partial charge on any atom is 0.0788 e. The van der Waals surface area contributed by atoms with Crippen molar-refractivity contribution in [2.45, 2.75) is 0 Å². The van der Waals surface area contributed by atoms with Gasteiger partial charge in [-0.05, 0) is 82.6 Å². The molecule has 0 N–H and O–H groups in total. The van der Waals surface area contributed by atoms with Gasteiger partial charge in [0, 0.05) is 53.1 Å². The zero-order valence-electron chi connectivity index (χ0n) is 26.5. The van der Waals surface area contributed by atoms with Gasteiger partial charge >= 0.3 is 0 Å². The molecule has 8 aromatic carbocycles. The van der Waals surface area contributed by atoms with E-state index in [9.17, 15) is 0 Å². The summed E-state index contributed by atoms with van der Waals surface area (Å²) < 4.78 is 7.59. The SMILES string of the molecule is c1ccc(-n2c3ccccc3c3ccc4c5ccccc5n(-c5cccc(-c6ccc7sc8cc9ccccc9cc8c7c6)c5)c4c32)cc1. The summed E-state index contributed by atoms with van der Waals surface area (Å²) in [5, 5.41) is 10.3. The van der Waals surface area contributed by atoms with Gasteiger partial charge in [-0.3, -0.25) is 0 Å². The van der Waals surface area contributed by atoms with Gasteiger partial charge in [0.2, 0.25) is 0 Å². The van der Waals surface area contributed by atoms with E-state index in [2.05, 4.69) is 179 Å². The number of hydrogen-bond acceptors (Lipinski definition) is 1. The molecule has 2 nitrogen and oxygen atoms in total. The van der Waals surface area contributed by atoms with E-state index in [-0.39, 0.29) is 0 Å². The van der Waals surface area contributed by atoms with Gasteiger partial charge in [-0.2, -0.15) is 0 Å². The van der Waals surface area contributed by atoms with E-state index < -0.39 is 0 Å². The molecule has 0 bridgehead atoms. The van der Waals surface area contributed by atoms with Gasteiger partial charge in [0.25, 0.3) is 0 Å². The molecule has 0 amide bonds. The second-order valence-corrected chi connectivity index (χ2v) is 14.0. The van der Waals surface area contributed by atoms with Crippen molar-refractivity contribution in [2.75, 3.05) is 0 Å². The molecule has 0 saturated carbocycles. The van der Waals surface area contributed by atoms with Crippen molar-refractivity contribution in [2.24, 2.45) is 0 Å². The van der Waals surface area contributed by atoms with Crippen LogP contribution in [0, 0.1) is 0 Å². The zero-order valence-corrected chi connectivity index (χ0v) is 27.3. The molecule has 11 rings (SSSR count). The van der Waals surface area contributed by atoms with E-state index in [0.29, 0.717) is 0 Å². The van der Waals surface area contributed by atoms with Crippen molar-refractivity contribution >= 4 is 85.9 Å². The number of nitrogens with zero attached hydrogens (tertiary/aromatic N) is 2. The van der Waals surface area contributed by atoms with E-state index in [1.54, 1.807) is 0 Å². The van der Waals surface area contributed by atoms with Crippen LogP contribution in [0.5, 0.6) is 0 Å². The number of rotatable bonds is 3. The van der Waals surface area contributed by atoms with E-state index in [0.717, 1.165) is 11.4 Å². The summed E-state index contributed by atoms with van der Waals surface area (Å²) in [6.45, 7) is 0. The monoisotopic (exact) mass is 640 g/mol. The Morgan fingerprint density at radius 2 is 0.898 bits per heavy atom. The summed E-state index contributed by atoms with van der Waals surface area (Å²) in [7, 11) is 0. The lowest BCUT2D eigenvalue weighted by Crippen LogP contribution is -1.98. The third-order valence-electron chi connectivity index (χ3n) is 10.3. The number of hydrogen-bond donors (Lipinski definition) is 0. The van der Waals surface area contributed by atoms with Crippen LogP contribution in [-0.4, -0.2) is 9.13 Å². The highest BCUT2D eigenvalue weighted by Gasteiger charge is 2.21. The second kappa shape index (κ2) is 10.2. The third kappa shape index (κ3) is 3.88. The maximum atomic E-state index is 2.49. The zero-order chi connectivity index (χ0) is 32.1. The predicted octanol–water partition coefficient (Wildman–Crippen LogP) is 13.1. The summed E-state index contributed by atoms with van der Waals surface area (Å²) in [5.41, 5.74) is 9.63. The number of aromatic nitrogens is 2. The fourth-order valence-corrected chi connectivity index (χ4v) is 9.20. The molecule has 0 aliphatic carbocycles. The molecule has 0 atom stereocenters. The van der Waals surface area contributed by atoms with Crippen molar-refractivity contribution in [3.05, 3.63) is 170 Å². The maximum absolute atomic E-state index is 2.49. The summed E-state index contributed by atoms with van der Waals surface area (Å²) in [5.74, 6) is 0. The summed E-state index contributed by atoms with van der Waals surface area (Å²) >= 11 is 1.88. The average molecular weight is 641 g/mol. The Balaban J connectivity index is 1.19. The molecule has 3 heteroatoms. The van der Waals surface area contributed by atoms with Crippen molar-refractivity contribution in [1.29, 1.82) is 0 Å². The topological polar surface area (TPSA) is 9.86 Å². The highest BCUT2D eigenvalue weighted by molar-refractivity contribution is 7.25. The standard InChI is InChI=1S/C46H28N2S/c1-2-14-33(15-3-1)47-41-19-8-6-17-35(41)37-22-23-38-36-18-7-9-20-42(36)48(46(38)45(37)47)34-16-10-13-29(25-34)32-21-24-43-39(27-32)40-26-30-11-4-5-12-31(30)28-44(40)49-43/h1-28H. The Morgan fingerprint density at radius 3 is 1.63 bits per heavy atom. The Morgan fingerprint density at radius 1 is 0.327 bits per heavy atom. The highest BCUT2D eigenvalue weighted by atomic mass is 32.1. The largest absolute Gasteiger partial charge is 0.307 e. The van der Waals surface area contributed by atoms with Crippen LogP contribution < -0.4 is 0 Å². The summed E-state index contributed by atoms with van der Waals surface area (Å²) in [4.78, 5) is 0. The molecule has 0 radical (unpaired) electrons. The van der Waals surface area contributed by atoms with Crippen LogP contribution in [0.1, 0.15) is 0 Å². The average Bonchev–Trinajstić information content (AvgIpc) is 3.81. The van der Waals surface area contributed by atoms with Crippen molar-refractivity contribution in [3.63, 3.8) is 0 Å². The molecular weight excluding hydrogens is 613 g/mol. The molecular formula is C46H28N2S. The molecule has 3 aromatic heterocycles. The normalized spacial score (nSPS) is 12.1. The first-order valence-corrected chi connectivity index (χ1v) is 17.6. The van der Waals surface area contributed by atoms with Gasteiger partial charge in [0.1, 0.15) is 0 Å². The van der Waals surface area contributed by atoms with Gasteiger partial charge in [-0.25, -0.2) is 0 Å². The van der Waals surface area contributed by atoms with E-state index in [1.807, 2.05) is 11.3 Å². The summed E-state index contributed by atoms with van der Waals surface area (Å²) in [6, 6.07) is 62.5. The van der Waals surface area contributed by atoms with Crippen molar-refractivity contribution in [1.82, 2.24) is 9.13 Å². The first kappa shape index (κ1) is 26.9. The van der Waals surface area contributed by atoms with E-state index in [1.165, 1.54) is 85.7 Å². The Labute approximate surface area is 286 Å². The van der Waals surface area contributed by atoms with Crippen LogP contribution >= 0.6 is 11.3 Å². The van der Waals surface area contributed by atoms with Crippen LogP contribution in [-0.2, 0) is 0 Å². The van der Waals surface area contributed by atoms with Gasteiger partial charge < -0.3 is 9.13 Å². The van der Waals surface area contributed by atoms with Gasteiger partial charge in [-0.1, -0.05) is 109 Å². The Bertz CT molecular complexity index is 3100. The molecule has 11 aromatic rings. The minimum absolute atomic E-state index is 1.15. The van der Waals surface area contributed by atoms with Crippen LogP contribution in [0.15, 0.2) is 170 Å². The van der Waals surface area contributed by atoms with E-state index in [4.69, 9.17) is 0 Å². The van der Waals surface area contributed by atoms with E-state index >= 15 is 0 Å². The first-order valence-electron chi connectivity index (χ1n) is 16.8. The number of benzene rings is 8. The third-order valence-corrected chi connectivity index (χ3v) is 11.4. The molecule has 0 aliphatic rings. The smallest absolute Gasteiger partial charge is 0.0788 e. The van der Waals surface area contributed by atoms with Crippen molar-refractivity contribution < 1.29 is 0 Å². The predicted molar refractivity (Wildman–Crippen MR) is 211 cm³/mol. The first-order chi connectivity index (χ1) is 24.3.